The molecule has 0 spiro atoms. The number of nitrogens with zero attached hydrogens (tertiary/aromatic N) is 4. The summed E-state index contributed by atoms with van der Waals surface area (Å²) >= 11 is 5.84. The molecule has 0 bridgehead atoms. The third-order valence-corrected chi connectivity index (χ3v) is 4.46. The average molecular weight is 333 g/mol. The number of piperidine rings is 1. The number of aromatic nitrogens is 3. The van der Waals surface area contributed by atoms with E-state index in [0.717, 1.165) is 38.0 Å². The van der Waals surface area contributed by atoms with Crippen LogP contribution in [0.25, 0.3) is 0 Å². The minimum atomic E-state index is 0.108. The summed E-state index contributed by atoms with van der Waals surface area (Å²) in [7, 11) is 0. The monoisotopic (exact) mass is 332 g/mol. The Bertz CT molecular complexity index is 667. The second-order valence-corrected chi connectivity index (χ2v) is 6.65. The molecular weight excluding hydrogens is 312 g/mol. The van der Waals surface area contributed by atoms with E-state index in [-0.39, 0.29) is 12.5 Å². The molecule has 0 N–H and O–H groups in total. The first-order chi connectivity index (χ1) is 11.1. The summed E-state index contributed by atoms with van der Waals surface area (Å²) in [6.07, 6.45) is 8.37. The lowest BCUT2D eigenvalue weighted by Gasteiger charge is -2.33. The van der Waals surface area contributed by atoms with E-state index in [2.05, 4.69) is 16.1 Å². The SMILES string of the molecule is Cc1ccc(C[C@H]2CCCN(C(=O)Cn3cc(Cl)cn3)C2)cn1. The number of rotatable bonds is 4. The fourth-order valence-corrected chi connectivity index (χ4v) is 3.23. The van der Waals surface area contributed by atoms with Gasteiger partial charge in [0.05, 0.1) is 11.2 Å². The van der Waals surface area contributed by atoms with Crippen LogP contribution < -0.4 is 0 Å². The molecule has 0 radical (unpaired) electrons. The van der Waals surface area contributed by atoms with Gasteiger partial charge in [-0.25, -0.2) is 0 Å². The van der Waals surface area contributed by atoms with Crippen LogP contribution in [0, 0.1) is 12.8 Å². The smallest absolute Gasteiger partial charge is 0.244 e. The van der Waals surface area contributed by atoms with E-state index >= 15 is 0 Å². The van der Waals surface area contributed by atoms with Crippen LogP contribution in [-0.4, -0.2) is 38.7 Å². The Balaban J connectivity index is 1.57. The number of pyridine rings is 1. The van der Waals surface area contributed by atoms with Gasteiger partial charge in [-0.1, -0.05) is 17.7 Å². The van der Waals surface area contributed by atoms with Crippen molar-refractivity contribution in [1.29, 1.82) is 0 Å². The highest BCUT2D eigenvalue weighted by atomic mass is 35.5. The zero-order valence-electron chi connectivity index (χ0n) is 13.3. The van der Waals surface area contributed by atoms with Gasteiger partial charge < -0.3 is 4.90 Å². The topological polar surface area (TPSA) is 51.0 Å². The van der Waals surface area contributed by atoms with Crippen LogP contribution in [0.3, 0.4) is 0 Å². The van der Waals surface area contributed by atoms with Crippen molar-refractivity contribution in [3.05, 3.63) is 47.0 Å². The quantitative estimate of drug-likeness (QED) is 0.865. The van der Waals surface area contributed by atoms with Crippen molar-refractivity contribution in [2.24, 2.45) is 5.92 Å². The average Bonchev–Trinajstić information content (AvgIpc) is 2.95. The lowest BCUT2D eigenvalue weighted by Crippen LogP contribution is -2.42. The van der Waals surface area contributed by atoms with E-state index in [1.165, 1.54) is 5.56 Å². The summed E-state index contributed by atoms with van der Waals surface area (Å²) in [5, 5.41) is 4.63. The van der Waals surface area contributed by atoms with E-state index in [9.17, 15) is 4.79 Å². The number of amides is 1. The summed E-state index contributed by atoms with van der Waals surface area (Å²) in [5.74, 6) is 0.606. The van der Waals surface area contributed by atoms with Crippen molar-refractivity contribution in [2.45, 2.75) is 32.7 Å². The van der Waals surface area contributed by atoms with Gasteiger partial charge in [-0.3, -0.25) is 14.5 Å². The molecule has 2 aromatic heterocycles. The molecule has 122 valence electrons. The largest absolute Gasteiger partial charge is 0.341 e. The van der Waals surface area contributed by atoms with Crippen molar-refractivity contribution in [2.75, 3.05) is 13.1 Å². The lowest BCUT2D eigenvalue weighted by atomic mass is 9.92. The summed E-state index contributed by atoms with van der Waals surface area (Å²) in [5.41, 5.74) is 2.28. The van der Waals surface area contributed by atoms with Crippen molar-refractivity contribution >= 4 is 17.5 Å². The minimum absolute atomic E-state index is 0.108. The van der Waals surface area contributed by atoms with Gasteiger partial charge in [-0.15, -0.1) is 0 Å². The molecule has 1 aliphatic rings. The van der Waals surface area contributed by atoms with Gasteiger partial charge in [0.15, 0.2) is 0 Å². The Morgan fingerprint density at radius 3 is 2.96 bits per heavy atom. The molecule has 0 unspecified atom stereocenters. The minimum Gasteiger partial charge on any atom is -0.341 e. The van der Waals surface area contributed by atoms with E-state index in [0.29, 0.717) is 10.9 Å². The molecular formula is C17H21ClN4O. The first-order valence-corrected chi connectivity index (χ1v) is 8.35. The standard InChI is InChI=1S/C17H21ClN4O/c1-13-4-5-14(8-19-13)7-15-3-2-6-21(10-15)17(23)12-22-11-16(18)9-20-22/h4-5,8-9,11,15H,2-3,6-7,10,12H2,1H3/t15-/m1/s1. The number of carbonyl (C=O) groups is 1. The zero-order chi connectivity index (χ0) is 16.2. The number of likely N-dealkylation sites (tertiary alicyclic amines) is 1. The molecule has 0 saturated carbocycles. The summed E-state index contributed by atoms with van der Waals surface area (Å²) in [6.45, 7) is 3.88. The summed E-state index contributed by atoms with van der Waals surface area (Å²) in [4.78, 5) is 18.7. The molecule has 1 aliphatic heterocycles. The van der Waals surface area contributed by atoms with Crippen LogP contribution in [0.15, 0.2) is 30.7 Å². The number of carbonyl (C=O) groups excluding carboxylic acids is 1. The van der Waals surface area contributed by atoms with Gasteiger partial charge in [-0.2, -0.15) is 5.10 Å². The van der Waals surface area contributed by atoms with Crippen molar-refractivity contribution in [3.8, 4) is 0 Å². The maximum Gasteiger partial charge on any atom is 0.244 e. The van der Waals surface area contributed by atoms with Gasteiger partial charge in [0, 0.05) is 31.2 Å². The number of halogens is 1. The Labute approximate surface area is 141 Å². The van der Waals surface area contributed by atoms with E-state index < -0.39 is 0 Å². The van der Waals surface area contributed by atoms with Gasteiger partial charge >= 0.3 is 0 Å². The lowest BCUT2D eigenvalue weighted by molar-refractivity contribution is -0.133. The Morgan fingerprint density at radius 2 is 2.26 bits per heavy atom. The van der Waals surface area contributed by atoms with Crippen molar-refractivity contribution in [1.82, 2.24) is 19.7 Å². The van der Waals surface area contributed by atoms with Gasteiger partial charge in [0.25, 0.3) is 0 Å². The Morgan fingerprint density at radius 1 is 1.39 bits per heavy atom. The van der Waals surface area contributed by atoms with Crippen LogP contribution in [0.5, 0.6) is 0 Å². The van der Waals surface area contributed by atoms with E-state index in [1.54, 1.807) is 17.1 Å². The van der Waals surface area contributed by atoms with Crippen LogP contribution in [0.1, 0.15) is 24.1 Å². The third kappa shape index (κ3) is 4.32. The molecule has 1 atom stereocenters. The zero-order valence-corrected chi connectivity index (χ0v) is 14.0. The van der Waals surface area contributed by atoms with Crippen molar-refractivity contribution in [3.63, 3.8) is 0 Å². The van der Waals surface area contributed by atoms with Crippen LogP contribution >= 0.6 is 11.6 Å². The maximum atomic E-state index is 12.4. The van der Waals surface area contributed by atoms with Crippen LogP contribution in [0.4, 0.5) is 0 Å². The highest BCUT2D eigenvalue weighted by Crippen LogP contribution is 2.21. The molecule has 0 aliphatic carbocycles. The predicted molar refractivity (Wildman–Crippen MR) is 89.2 cm³/mol. The third-order valence-electron chi connectivity index (χ3n) is 4.27. The molecule has 1 saturated heterocycles. The van der Waals surface area contributed by atoms with Crippen LogP contribution in [0.2, 0.25) is 5.02 Å². The first-order valence-electron chi connectivity index (χ1n) is 7.97. The van der Waals surface area contributed by atoms with Gasteiger partial charge in [-0.05, 0) is 43.7 Å². The fourth-order valence-electron chi connectivity index (χ4n) is 3.07. The molecule has 23 heavy (non-hydrogen) atoms. The fraction of sp³-hybridized carbons (Fsp3) is 0.471. The highest BCUT2D eigenvalue weighted by molar-refractivity contribution is 6.30. The Kier molecular flexibility index (Phi) is 4.96. The summed E-state index contributed by atoms with van der Waals surface area (Å²) in [6, 6.07) is 4.18. The molecule has 1 amide bonds. The molecule has 0 aromatic carbocycles. The second-order valence-electron chi connectivity index (χ2n) is 6.22. The molecule has 6 heteroatoms. The van der Waals surface area contributed by atoms with Crippen molar-refractivity contribution < 1.29 is 4.79 Å². The first kappa shape index (κ1) is 16.0. The number of hydrogen-bond acceptors (Lipinski definition) is 3. The van der Waals surface area contributed by atoms with E-state index in [4.69, 9.17) is 11.6 Å². The highest BCUT2D eigenvalue weighted by Gasteiger charge is 2.24. The van der Waals surface area contributed by atoms with Crippen LogP contribution in [-0.2, 0) is 17.8 Å². The number of hydrogen-bond donors (Lipinski definition) is 0. The van der Waals surface area contributed by atoms with E-state index in [1.807, 2.05) is 24.1 Å². The molecule has 3 rings (SSSR count). The van der Waals surface area contributed by atoms with Gasteiger partial charge in [0.2, 0.25) is 5.91 Å². The second kappa shape index (κ2) is 7.13. The molecule has 1 fully saturated rings. The molecule has 3 heterocycles. The molecule has 5 nitrogen and oxygen atoms in total. The Hall–Kier alpha value is -1.88. The number of aryl methyl sites for hydroxylation is 1. The molecule has 2 aromatic rings. The normalized spacial score (nSPS) is 18.2. The summed E-state index contributed by atoms with van der Waals surface area (Å²) < 4.78 is 1.60. The van der Waals surface area contributed by atoms with Gasteiger partial charge in [0.1, 0.15) is 6.54 Å². The maximum absolute atomic E-state index is 12.4. The predicted octanol–water partition coefficient (Wildman–Crippen LogP) is 2.72.